The van der Waals surface area contributed by atoms with Crippen molar-refractivity contribution in [1.82, 2.24) is 5.32 Å². The molecule has 1 rings (SSSR count). The third-order valence-electron chi connectivity index (χ3n) is 1.52. The molecule has 1 N–H and O–H groups in total. The number of carbonyl (C=O) groups excluding carboxylic acids is 1. The highest BCUT2D eigenvalue weighted by molar-refractivity contribution is 5.67. The molecule has 0 fully saturated rings. The van der Waals surface area contributed by atoms with Crippen LogP contribution in [0.3, 0.4) is 0 Å². The average Bonchev–Trinajstić information content (AvgIpc) is 2.25. The van der Waals surface area contributed by atoms with Gasteiger partial charge in [0.1, 0.15) is 6.61 Å². The molecule has 0 spiro atoms. The van der Waals surface area contributed by atoms with Crippen LogP contribution in [-0.4, -0.2) is 12.8 Å². The summed E-state index contributed by atoms with van der Waals surface area (Å²) in [6, 6.07) is 9.36. The summed E-state index contributed by atoms with van der Waals surface area (Å²) in [4.78, 5) is 13.9. The van der Waals surface area contributed by atoms with Gasteiger partial charge in [0.05, 0.1) is 0 Å². The largest absolute Gasteiger partial charge is 0.445 e. The standard InChI is InChI=1S/C10H10N2O2/c1-11-8-12-10(13)14-7-9-5-3-2-4-6-9/h2-6H,7-8H2,(H,12,13). The van der Waals surface area contributed by atoms with E-state index in [0.29, 0.717) is 0 Å². The lowest BCUT2D eigenvalue weighted by atomic mass is 10.2. The number of nitrogens with zero attached hydrogens (tertiary/aromatic N) is 1. The van der Waals surface area contributed by atoms with Crippen molar-refractivity contribution in [1.29, 1.82) is 0 Å². The zero-order chi connectivity index (χ0) is 10.2. The molecule has 0 bridgehead atoms. The third kappa shape index (κ3) is 3.59. The molecule has 0 aromatic heterocycles. The number of rotatable bonds is 3. The molecule has 1 aromatic carbocycles. The molecule has 0 aliphatic rings. The maximum Gasteiger partial charge on any atom is 0.413 e. The third-order valence-corrected chi connectivity index (χ3v) is 1.52. The van der Waals surface area contributed by atoms with Crippen molar-refractivity contribution in [3.63, 3.8) is 0 Å². The van der Waals surface area contributed by atoms with Crippen LogP contribution in [0.15, 0.2) is 30.3 Å². The van der Waals surface area contributed by atoms with E-state index in [9.17, 15) is 4.79 Å². The van der Waals surface area contributed by atoms with Gasteiger partial charge in [-0.25, -0.2) is 11.4 Å². The van der Waals surface area contributed by atoms with E-state index in [1.54, 1.807) is 0 Å². The minimum absolute atomic E-state index is 0.0480. The summed E-state index contributed by atoms with van der Waals surface area (Å²) in [6.45, 7) is 6.63. The first-order chi connectivity index (χ1) is 6.83. The Hall–Kier alpha value is -2.02. The summed E-state index contributed by atoms with van der Waals surface area (Å²) in [5.41, 5.74) is 0.922. The van der Waals surface area contributed by atoms with Crippen molar-refractivity contribution in [2.24, 2.45) is 0 Å². The topological polar surface area (TPSA) is 42.7 Å². The van der Waals surface area contributed by atoms with Crippen LogP contribution in [0.1, 0.15) is 5.56 Å². The highest BCUT2D eigenvalue weighted by Gasteiger charge is 2.01. The van der Waals surface area contributed by atoms with Gasteiger partial charge in [-0.2, -0.15) is 0 Å². The Balaban J connectivity index is 2.28. The average molecular weight is 190 g/mol. The lowest BCUT2D eigenvalue weighted by Gasteiger charge is -2.02. The lowest BCUT2D eigenvalue weighted by Crippen LogP contribution is -2.23. The zero-order valence-corrected chi connectivity index (χ0v) is 7.56. The molecule has 4 heteroatoms. The number of alkyl carbamates (subject to hydrolysis) is 1. The van der Waals surface area contributed by atoms with E-state index in [4.69, 9.17) is 11.3 Å². The lowest BCUT2D eigenvalue weighted by molar-refractivity contribution is 0.140. The molecule has 72 valence electrons. The number of benzene rings is 1. The van der Waals surface area contributed by atoms with Gasteiger partial charge >= 0.3 is 6.09 Å². The molecule has 1 amide bonds. The summed E-state index contributed by atoms with van der Waals surface area (Å²) in [5.74, 6) is 0. The Labute approximate surface area is 82.3 Å². The molecule has 4 nitrogen and oxygen atoms in total. The first-order valence-electron chi connectivity index (χ1n) is 4.10. The second-order valence-electron chi connectivity index (χ2n) is 2.55. The van der Waals surface area contributed by atoms with Crippen LogP contribution >= 0.6 is 0 Å². The monoisotopic (exact) mass is 190 g/mol. The molecule has 1 aromatic rings. The van der Waals surface area contributed by atoms with E-state index >= 15 is 0 Å². The maximum absolute atomic E-state index is 10.9. The van der Waals surface area contributed by atoms with Crippen LogP contribution < -0.4 is 5.32 Å². The molecule has 0 saturated heterocycles. The van der Waals surface area contributed by atoms with Gasteiger partial charge in [0, 0.05) is 0 Å². The highest BCUT2D eigenvalue weighted by Crippen LogP contribution is 2.00. The van der Waals surface area contributed by atoms with Gasteiger partial charge < -0.3 is 4.74 Å². The summed E-state index contributed by atoms with van der Waals surface area (Å²) in [6.07, 6.45) is -0.565. The van der Waals surface area contributed by atoms with E-state index < -0.39 is 6.09 Å². The fourth-order valence-corrected chi connectivity index (χ4v) is 0.878. The van der Waals surface area contributed by atoms with Crippen molar-refractivity contribution in [2.45, 2.75) is 6.61 Å². The van der Waals surface area contributed by atoms with Gasteiger partial charge in [-0.15, -0.1) is 0 Å². The SMILES string of the molecule is [C-]#[N+]CNC(=O)OCc1ccccc1. The predicted octanol–water partition coefficient (Wildman–Crippen LogP) is 1.79. The van der Waals surface area contributed by atoms with E-state index in [2.05, 4.69) is 10.2 Å². The smallest absolute Gasteiger partial charge is 0.413 e. The van der Waals surface area contributed by atoms with Gasteiger partial charge in [-0.1, -0.05) is 30.3 Å². The number of ether oxygens (including phenoxy) is 1. The van der Waals surface area contributed by atoms with E-state index in [0.717, 1.165) is 5.56 Å². The van der Waals surface area contributed by atoms with Gasteiger partial charge in [0.15, 0.2) is 0 Å². The van der Waals surface area contributed by atoms with Gasteiger partial charge in [0.2, 0.25) is 0 Å². The first kappa shape index (κ1) is 10.1. The van der Waals surface area contributed by atoms with Crippen LogP contribution in [0.4, 0.5) is 4.79 Å². The Morgan fingerprint density at radius 3 is 2.79 bits per heavy atom. The first-order valence-corrected chi connectivity index (χ1v) is 4.10. The summed E-state index contributed by atoms with van der Waals surface area (Å²) in [7, 11) is 0. The van der Waals surface area contributed by atoms with Crippen LogP contribution in [0.5, 0.6) is 0 Å². The highest BCUT2D eigenvalue weighted by atomic mass is 16.5. The quantitative estimate of drug-likeness (QED) is 0.738. The molecular weight excluding hydrogens is 180 g/mol. The second kappa shape index (κ2) is 5.60. The Bertz CT molecular complexity index is 330. The molecule has 0 radical (unpaired) electrons. The Morgan fingerprint density at radius 2 is 2.14 bits per heavy atom. The molecule has 0 unspecified atom stereocenters. The van der Waals surface area contributed by atoms with Crippen molar-refractivity contribution >= 4 is 6.09 Å². The van der Waals surface area contributed by atoms with Crippen molar-refractivity contribution < 1.29 is 9.53 Å². The Kier molecular flexibility index (Phi) is 4.02. The second-order valence-corrected chi connectivity index (χ2v) is 2.55. The van der Waals surface area contributed by atoms with E-state index in [1.165, 1.54) is 0 Å². The van der Waals surface area contributed by atoms with Crippen molar-refractivity contribution in [2.75, 3.05) is 6.67 Å². The fourth-order valence-electron chi connectivity index (χ4n) is 0.878. The van der Waals surface area contributed by atoms with Crippen LogP contribution in [0.25, 0.3) is 4.85 Å². The number of carbonyl (C=O) groups is 1. The normalized spacial score (nSPS) is 8.79. The minimum Gasteiger partial charge on any atom is -0.445 e. The molecular formula is C10H10N2O2. The molecule has 14 heavy (non-hydrogen) atoms. The number of hydrogen-bond acceptors (Lipinski definition) is 2. The minimum atomic E-state index is -0.565. The van der Waals surface area contributed by atoms with Gasteiger partial charge in [-0.05, 0) is 5.56 Å². The molecule has 0 aliphatic carbocycles. The van der Waals surface area contributed by atoms with Crippen LogP contribution in [0.2, 0.25) is 0 Å². The molecule has 0 atom stereocenters. The molecule has 0 heterocycles. The summed E-state index contributed by atoms with van der Waals surface area (Å²) >= 11 is 0. The van der Waals surface area contributed by atoms with Crippen molar-refractivity contribution in [3.8, 4) is 0 Å². The Morgan fingerprint density at radius 1 is 1.43 bits per heavy atom. The number of nitrogens with one attached hydrogen (secondary N) is 1. The summed E-state index contributed by atoms with van der Waals surface area (Å²) in [5, 5.41) is 2.29. The van der Waals surface area contributed by atoms with Gasteiger partial charge in [-0.3, -0.25) is 10.2 Å². The zero-order valence-electron chi connectivity index (χ0n) is 7.56. The van der Waals surface area contributed by atoms with Crippen molar-refractivity contribution in [3.05, 3.63) is 47.3 Å². The fraction of sp³-hybridized carbons (Fsp3) is 0.200. The summed E-state index contributed by atoms with van der Waals surface area (Å²) < 4.78 is 4.84. The van der Waals surface area contributed by atoms with Gasteiger partial charge in [0.25, 0.3) is 6.67 Å². The molecule has 0 saturated carbocycles. The van der Waals surface area contributed by atoms with Crippen LogP contribution in [-0.2, 0) is 11.3 Å². The maximum atomic E-state index is 10.9. The van der Waals surface area contributed by atoms with E-state index in [1.807, 2.05) is 30.3 Å². The van der Waals surface area contributed by atoms with E-state index in [-0.39, 0.29) is 13.3 Å². The number of hydrogen-bond donors (Lipinski definition) is 1. The number of amides is 1. The molecule has 0 aliphatic heterocycles. The predicted molar refractivity (Wildman–Crippen MR) is 51.2 cm³/mol. The van der Waals surface area contributed by atoms with Crippen LogP contribution in [0, 0.1) is 6.57 Å².